The van der Waals surface area contributed by atoms with E-state index in [0.29, 0.717) is 5.39 Å². The van der Waals surface area contributed by atoms with Crippen molar-refractivity contribution in [2.45, 2.75) is 6.92 Å². The standard InChI is InChI=1S/C11H7BrN2OS/c1-6-3-2-4-7-9(6)10(15)14-5-8(12)16-11(14)13-7/h2-5H,1H3. The summed E-state index contributed by atoms with van der Waals surface area (Å²) in [5.41, 5.74) is 1.73. The fourth-order valence-corrected chi connectivity index (χ4v) is 3.14. The van der Waals surface area contributed by atoms with Gasteiger partial charge in [0.05, 0.1) is 14.7 Å². The van der Waals surface area contributed by atoms with Crippen LogP contribution in [0.2, 0.25) is 0 Å². The normalized spacial score (nSPS) is 11.4. The van der Waals surface area contributed by atoms with E-state index in [0.717, 1.165) is 19.8 Å². The number of thiazole rings is 1. The van der Waals surface area contributed by atoms with Crippen LogP contribution in [0.4, 0.5) is 0 Å². The van der Waals surface area contributed by atoms with Crippen molar-refractivity contribution in [2.24, 2.45) is 0 Å². The van der Waals surface area contributed by atoms with Crippen LogP contribution in [0.5, 0.6) is 0 Å². The largest absolute Gasteiger partial charge is 0.268 e. The minimum atomic E-state index is 0.0000463. The van der Waals surface area contributed by atoms with E-state index in [1.165, 1.54) is 11.3 Å². The highest BCUT2D eigenvalue weighted by Crippen LogP contribution is 2.22. The first-order chi connectivity index (χ1) is 7.66. The Morgan fingerprint density at radius 3 is 3.06 bits per heavy atom. The summed E-state index contributed by atoms with van der Waals surface area (Å²) in [7, 11) is 0. The van der Waals surface area contributed by atoms with Gasteiger partial charge < -0.3 is 0 Å². The lowest BCUT2D eigenvalue weighted by atomic mass is 10.1. The van der Waals surface area contributed by atoms with Gasteiger partial charge in [0, 0.05) is 6.20 Å². The zero-order valence-corrected chi connectivity index (χ0v) is 10.8. The highest BCUT2D eigenvalue weighted by atomic mass is 79.9. The van der Waals surface area contributed by atoms with E-state index in [-0.39, 0.29) is 5.56 Å². The number of aryl methyl sites for hydroxylation is 1. The highest BCUT2D eigenvalue weighted by Gasteiger charge is 2.09. The van der Waals surface area contributed by atoms with E-state index in [1.54, 1.807) is 10.6 Å². The fourth-order valence-electron chi connectivity index (χ4n) is 1.79. The van der Waals surface area contributed by atoms with E-state index in [2.05, 4.69) is 20.9 Å². The van der Waals surface area contributed by atoms with Crippen LogP contribution in [-0.4, -0.2) is 9.38 Å². The Morgan fingerprint density at radius 2 is 2.25 bits per heavy atom. The van der Waals surface area contributed by atoms with E-state index in [1.807, 2.05) is 25.1 Å². The molecule has 0 unspecified atom stereocenters. The molecule has 0 bridgehead atoms. The molecule has 0 aliphatic rings. The Morgan fingerprint density at radius 1 is 1.44 bits per heavy atom. The molecule has 2 aromatic heterocycles. The van der Waals surface area contributed by atoms with Crippen molar-refractivity contribution in [3.05, 3.63) is 44.1 Å². The smallest absolute Gasteiger partial charge is 0.266 e. The van der Waals surface area contributed by atoms with Gasteiger partial charge in [-0.2, -0.15) is 0 Å². The van der Waals surface area contributed by atoms with Gasteiger partial charge in [0.15, 0.2) is 4.96 Å². The average molecular weight is 295 g/mol. The van der Waals surface area contributed by atoms with E-state index in [4.69, 9.17) is 0 Å². The van der Waals surface area contributed by atoms with Crippen LogP contribution < -0.4 is 5.56 Å². The summed E-state index contributed by atoms with van der Waals surface area (Å²) in [6.45, 7) is 1.93. The SMILES string of the molecule is Cc1cccc2nc3sc(Br)cn3c(=O)c12. The van der Waals surface area contributed by atoms with Crippen molar-refractivity contribution >= 4 is 43.1 Å². The number of fused-ring (bicyclic) bond motifs is 2. The summed E-state index contributed by atoms with van der Waals surface area (Å²) in [5.74, 6) is 0. The minimum Gasteiger partial charge on any atom is -0.268 e. The van der Waals surface area contributed by atoms with Gasteiger partial charge >= 0.3 is 0 Å². The van der Waals surface area contributed by atoms with Crippen LogP contribution in [0.15, 0.2) is 33.0 Å². The molecule has 0 saturated carbocycles. The molecule has 0 aliphatic heterocycles. The predicted octanol–water partition coefficient (Wildman–Crippen LogP) is 2.98. The van der Waals surface area contributed by atoms with Gasteiger partial charge in [-0.1, -0.05) is 23.5 Å². The van der Waals surface area contributed by atoms with Crippen LogP contribution >= 0.6 is 27.3 Å². The van der Waals surface area contributed by atoms with Crippen molar-refractivity contribution in [2.75, 3.05) is 0 Å². The first kappa shape index (κ1) is 9.99. The number of rotatable bonds is 0. The lowest BCUT2D eigenvalue weighted by Gasteiger charge is -2.00. The Bertz CT molecular complexity index is 760. The predicted molar refractivity (Wildman–Crippen MR) is 69.3 cm³/mol. The van der Waals surface area contributed by atoms with Crippen molar-refractivity contribution < 1.29 is 0 Å². The maximum atomic E-state index is 12.2. The molecule has 0 radical (unpaired) electrons. The topological polar surface area (TPSA) is 34.4 Å². The minimum absolute atomic E-state index is 0.0000463. The Labute approximate surface area is 103 Å². The molecule has 0 atom stereocenters. The third-order valence-electron chi connectivity index (χ3n) is 2.53. The van der Waals surface area contributed by atoms with Gasteiger partial charge in [-0.05, 0) is 34.5 Å². The second-order valence-electron chi connectivity index (χ2n) is 3.57. The van der Waals surface area contributed by atoms with Crippen molar-refractivity contribution in [3.8, 4) is 0 Å². The number of nitrogens with zero attached hydrogens (tertiary/aromatic N) is 2. The molecular weight excluding hydrogens is 288 g/mol. The zero-order chi connectivity index (χ0) is 11.3. The maximum Gasteiger partial charge on any atom is 0.266 e. The van der Waals surface area contributed by atoms with Gasteiger partial charge in [-0.3, -0.25) is 9.20 Å². The Balaban J connectivity index is 2.66. The quantitative estimate of drug-likeness (QED) is 0.639. The Kier molecular flexibility index (Phi) is 2.12. The fraction of sp³-hybridized carbons (Fsp3) is 0.0909. The molecule has 0 fully saturated rings. The number of benzene rings is 1. The second-order valence-corrected chi connectivity index (χ2v) is 5.96. The highest BCUT2D eigenvalue weighted by molar-refractivity contribution is 9.11. The summed E-state index contributed by atoms with van der Waals surface area (Å²) >= 11 is 4.82. The zero-order valence-electron chi connectivity index (χ0n) is 8.40. The number of aromatic nitrogens is 2. The first-order valence-electron chi connectivity index (χ1n) is 4.74. The molecule has 0 amide bonds. The van der Waals surface area contributed by atoms with Crippen molar-refractivity contribution in [1.29, 1.82) is 0 Å². The lowest BCUT2D eigenvalue weighted by molar-refractivity contribution is 1.11. The molecule has 0 saturated heterocycles. The summed E-state index contributed by atoms with van der Waals surface area (Å²) in [4.78, 5) is 17.4. The number of halogens is 1. The lowest BCUT2D eigenvalue weighted by Crippen LogP contribution is -2.13. The maximum absolute atomic E-state index is 12.2. The monoisotopic (exact) mass is 294 g/mol. The van der Waals surface area contributed by atoms with Gasteiger partial charge in [0.25, 0.3) is 5.56 Å². The average Bonchev–Trinajstić information content (AvgIpc) is 2.59. The van der Waals surface area contributed by atoms with Crippen LogP contribution in [0.3, 0.4) is 0 Å². The molecule has 0 aliphatic carbocycles. The van der Waals surface area contributed by atoms with Crippen LogP contribution in [-0.2, 0) is 0 Å². The summed E-state index contributed by atoms with van der Waals surface area (Å²) in [5, 5.41) is 0.699. The molecule has 16 heavy (non-hydrogen) atoms. The number of hydrogen-bond donors (Lipinski definition) is 0. The van der Waals surface area contributed by atoms with Gasteiger partial charge in [0.2, 0.25) is 0 Å². The third-order valence-corrected chi connectivity index (χ3v) is 3.99. The molecule has 3 aromatic rings. The van der Waals surface area contributed by atoms with Gasteiger partial charge in [-0.15, -0.1) is 0 Å². The number of hydrogen-bond acceptors (Lipinski definition) is 3. The molecule has 80 valence electrons. The van der Waals surface area contributed by atoms with Gasteiger partial charge in [0.1, 0.15) is 0 Å². The third kappa shape index (κ3) is 1.32. The second kappa shape index (κ2) is 3.40. The van der Waals surface area contributed by atoms with E-state index in [9.17, 15) is 4.79 Å². The van der Waals surface area contributed by atoms with E-state index < -0.39 is 0 Å². The molecule has 5 heteroatoms. The van der Waals surface area contributed by atoms with E-state index >= 15 is 0 Å². The molecule has 0 spiro atoms. The first-order valence-corrected chi connectivity index (χ1v) is 6.35. The molecule has 3 rings (SSSR count). The van der Waals surface area contributed by atoms with Crippen molar-refractivity contribution in [1.82, 2.24) is 9.38 Å². The summed E-state index contributed by atoms with van der Waals surface area (Å²) in [6, 6.07) is 5.72. The van der Waals surface area contributed by atoms with Crippen LogP contribution in [0, 0.1) is 6.92 Å². The Hall–Kier alpha value is -1.20. The van der Waals surface area contributed by atoms with Crippen LogP contribution in [0.1, 0.15) is 5.56 Å². The summed E-state index contributed by atoms with van der Waals surface area (Å²) in [6.07, 6.45) is 1.77. The molecule has 1 aromatic carbocycles. The van der Waals surface area contributed by atoms with Gasteiger partial charge in [-0.25, -0.2) is 4.98 Å². The molecule has 3 nitrogen and oxygen atoms in total. The summed E-state index contributed by atoms with van der Waals surface area (Å²) < 4.78 is 2.49. The van der Waals surface area contributed by atoms with Crippen LogP contribution in [0.25, 0.3) is 15.9 Å². The molecule has 2 heterocycles. The molecular formula is C11H7BrN2OS. The van der Waals surface area contributed by atoms with Crippen molar-refractivity contribution in [3.63, 3.8) is 0 Å². The molecule has 0 N–H and O–H groups in total.